The summed E-state index contributed by atoms with van der Waals surface area (Å²) in [5.41, 5.74) is -1.49. The second kappa shape index (κ2) is 22.6. The van der Waals surface area contributed by atoms with E-state index in [4.69, 9.17) is 19.8 Å². The van der Waals surface area contributed by atoms with E-state index in [9.17, 15) is 71.9 Å². The van der Waals surface area contributed by atoms with E-state index in [-0.39, 0.29) is 46.0 Å². The normalized spacial score (nSPS) is 11.9. The molecular weight excluding hydrogens is 872 g/mol. The number of unbranched alkanes of at least 4 members (excludes halogenated alkanes) is 1. The van der Waals surface area contributed by atoms with Crippen molar-refractivity contribution in [1.29, 1.82) is 0 Å². The topological polar surface area (TPSA) is 223 Å². The van der Waals surface area contributed by atoms with Crippen LogP contribution in [0.5, 0.6) is 0 Å². The Bertz CT molecular complexity index is 2020. The van der Waals surface area contributed by atoms with Gasteiger partial charge in [0.25, 0.3) is 23.4 Å². The lowest BCUT2D eigenvalue weighted by Crippen LogP contribution is -2.33. The van der Waals surface area contributed by atoms with E-state index in [1.165, 1.54) is 12.4 Å². The van der Waals surface area contributed by atoms with Crippen LogP contribution in [0.25, 0.3) is 21.8 Å². The zero-order valence-corrected chi connectivity index (χ0v) is 31.6. The number of carbonyl (C=O) groups excluding carboxylic acids is 4. The summed E-state index contributed by atoms with van der Waals surface area (Å²) in [5, 5.41) is 26.2. The molecule has 62 heavy (non-hydrogen) atoms. The molecule has 2 heterocycles. The first-order valence-corrected chi connectivity index (χ1v) is 17.7. The van der Waals surface area contributed by atoms with Gasteiger partial charge in [0.1, 0.15) is 0 Å². The molecule has 2 aromatic heterocycles. The summed E-state index contributed by atoms with van der Waals surface area (Å²) in [7, 11) is 0. The molecule has 0 aliphatic carbocycles. The number of benzene rings is 2. The van der Waals surface area contributed by atoms with Gasteiger partial charge in [0, 0.05) is 47.3 Å². The minimum absolute atomic E-state index is 0.000237. The van der Waals surface area contributed by atoms with Gasteiger partial charge in [-0.1, -0.05) is 12.1 Å². The monoisotopic (exact) mass is 908 g/mol. The quantitative estimate of drug-likeness (QED) is 0.0268. The zero-order chi connectivity index (χ0) is 47.1. The molecule has 0 spiro atoms. The first kappa shape index (κ1) is 52.0. The van der Waals surface area contributed by atoms with Crippen LogP contribution in [-0.4, -0.2) is 107 Å². The molecule has 0 aliphatic heterocycles. The number of carbonyl (C=O) groups is 6. The zero-order valence-electron chi connectivity index (χ0n) is 31.6. The molecule has 14 nitrogen and oxygen atoms in total. The Labute approximate surface area is 340 Å². The van der Waals surface area contributed by atoms with Crippen LogP contribution in [-0.2, 0) is 31.5 Å². The maximum absolute atomic E-state index is 12.9. The number of hydrogen-bond acceptors (Lipinski definition) is 8. The van der Waals surface area contributed by atoms with Crippen molar-refractivity contribution in [3.8, 4) is 0 Å². The van der Waals surface area contributed by atoms with Gasteiger partial charge in [0.15, 0.2) is 0 Å². The first-order chi connectivity index (χ1) is 28.7. The van der Waals surface area contributed by atoms with Crippen molar-refractivity contribution < 1.29 is 91.7 Å². The fourth-order valence-electron chi connectivity index (χ4n) is 4.97. The van der Waals surface area contributed by atoms with Crippen molar-refractivity contribution in [2.24, 2.45) is 0 Å². The van der Waals surface area contributed by atoms with Gasteiger partial charge in [0.2, 0.25) is 0 Å². The summed E-state index contributed by atoms with van der Waals surface area (Å²) in [6.07, 6.45) is -13.9. The minimum atomic E-state index is -5.08. The SMILES string of the molecule is O=C(NCCCNCCCCNCCCNC(=O)C(=O)c1c[nH]c2cc(C(F)(F)F)ccc12)C(=O)c1c[nH]c2cc(C(F)(F)F)ccc12.O=C(O)C(F)(F)F.O=C(O)C(F)(F)F. The molecule has 8 N–H and O–H groups in total. The highest BCUT2D eigenvalue weighted by molar-refractivity contribution is 6.45. The maximum atomic E-state index is 12.9. The van der Waals surface area contributed by atoms with E-state index in [1.54, 1.807) is 0 Å². The lowest BCUT2D eigenvalue weighted by atomic mass is 10.1. The van der Waals surface area contributed by atoms with Crippen LogP contribution >= 0.6 is 0 Å². The van der Waals surface area contributed by atoms with Gasteiger partial charge in [-0.25, -0.2) is 9.59 Å². The molecule has 342 valence electrons. The molecule has 4 aromatic rings. The molecule has 0 fully saturated rings. The van der Waals surface area contributed by atoms with Crippen LogP contribution in [0, 0.1) is 0 Å². The number of ketones is 2. The van der Waals surface area contributed by atoms with Crippen LogP contribution in [0.2, 0.25) is 0 Å². The molecule has 0 unspecified atom stereocenters. The van der Waals surface area contributed by atoms with Crippen molar-refractivity contribution in [3.63, 3.8) is 0 Å². The number of carboxylic acid groups (broad SMARTS) is 2. The third kappa shape index (κ3) is 16.7. The van der Waals surface area contributed by atoms with Gasteiger partial charge in [-0.05, 0) is 76.1 Å². The van der Waals surface area contributed by atoms with E-state index in [0.717, 1.165) is 62.3 Å². The number of carboxylic acids is 2. The highest BCUT2D eigenvalue weighted by Crippen LogP contribution is 2.33. The summed E-state index contributed by atoms with van der Waals surface area (Å²) in [6, 6.07) is 5.83. The van der Waals surface area contributed by atoms with Crippen molar-refractivity contribution in [2.45, 2.75) is 50.4 Å². The Balaban J connectivity index is 0.000000811. The number of fused-ring (bicyclic) bond motifs is 2. The van der Waals surface area contributed by atoms with Gasteiger partial charge < -0.3 is 41.4 Å². The molecule has 0 bridgehead atoms. The van der Waals surface area contributed by atoms with Crippen LogP contribution in [0.4, 0.5) is 52.7 Å². The molecule has 26 heteroatoms. The fraction of sp³-hybridized carbons (Fsp3) is 0.389. The summed E-state index contributed by atoms with van der Waals surface area (Å²) < 4.78 is 141. The van der Waals surface area contributed by atoms with Crippen molar-refractivity contribution >= 4 is 57.1 Å². The number of aromatic amines is 2. The summed E-state index contributed by atoms with van der Waals surface area (Å²) in [4.78, 5) is 72.5. The summed E-state index contributed by atoms with van der Waals surface area (Å²) in [6.45, 7) is 3.14. The number of H-pyrrole nitrogens is 2. The van der Waals surface area contributed by atoms with Gasteiger partial charge >= 0.3 is 36.6 Å². The highest BCUT2D eigenvalue weighted by Gasteiger charge is 2.39. The minimum Gasteiger partial charge on any atom is -0.475 e. The molecule has 0 saturated carbocycles. The number of halogens is 12. The van der Waals surface area contributed by atoms with E-state index in [2.05, 4.69) is 31.2 Å². The van der Waals surface area contributed by atoms with Gasteiger partial charge in [-0.15, -0.1) is 0 Å². The van der Waals surface area contributed by atoms with E-state index in [1.807, 2.05) is 0 Å². The first-order valence-electron chi connectivity index (χ1n) is 17.7. The standard InChI is InChI=1S/C32H34F6N6O4.2C2HF3O2/c33-31(34,35)19-5-7-21-23(17-43-25(21)15-19)27(45)29(47)41-13-3-11-39-9-1-2-10-40-12-4-14-42-30(48)28(46)24-18-44-26-16-20(32(36,37)38)6-8-22(24)26;2*3-2(4,5)1(6)7/h5-8,15-18,39-40,43-44H,1-4,9-14H2,(H,41,47)(H,42,48);2*(H,6,7). The molecule has 4 rings (SSSR count). The molecule has 0 aliphatic rings. The van der Waals surface area contributed by atoms with Gasteiger partial charge in [0.05, 0.1) is 22.3 Å². The third-order valence-electron chi connectivity index (χ3n) is 7.99. The number of alkyl halides is 12. The summed E-state index contributed by atoms with van der Waals surface area (Å²) >= 11 is 0. The van der Waals surface area contributed by atoms with Crippen molar-refractivity contribution in [2.75, 3.05) is 39.3 Å². The Hall–Kier alpha value is -6.18. The fourth-order valence-corrected chi connectivity index (χ4v) is 4.97. The lowest BCUT2D eigenvalue weighted by Gasteiger charge is -2.08. The molecule has 2 aromatic carbocycles. The summed E-state index contributed by atoms with van der Waals surface area (Å²) in [5.74, 6) is -8.87. The van der Waals surface area contributed by atoms with Crippen LogP contribution < -0.4 is 21.3 Å². The predicted molar refractivity (Wildman–Crippen MR) is 193 cm³/mol. The highest BCUT2D eigenvalue weighted by atomic mass is 19.4. The molecule has 0 saturated heterocycles. The van der Waals surface area contributed by atoms with Crippen LogP contribution in [0.15, 0.2) is 48.8 Å². The smallest absolute Gasteiger partial charge is 0.475 e. The average Bonchev–Trinajstić information content (AvgIpc) is 3.80. The van der Waals surface area contributed by atoms with Crippen LogP contribution in [0.1, 0.15) is 57.5 Å². The molecular formula is C36H36F12N6O8. The molecule has 2 amide bonds. The number of hydrogen-bond donors (Lipinski definition) is 8. The predicted octanol–water partition coefficient (Wildman–Crippen LogP) is 5.99. The molecule has 0 radical (unpaired) electrons. The lowest BCUT2D eigenvalue weighted by molar-refractivity contribution is -0.193. The van der Waals surface area contributed by atoms with Crippen LogP contribution in [0.3, 0.4) is 0 Å². The van der Waals surface area contributed by atoms with Gasteiger partial charge in [-0.3, -0.25) is 19.2 Å². The Morgan fingerprint density at radius 3 is 1.08 bits per heavy atom. The number of amides is 2. The van der Waals surface area contributed by atoms with Gasteiger partial charge in [-0.2, -0.15) is 52.7 Å². The van der Waals surface area contributed by atoms with E-state index >= 15 is 0 Å². The number of aliphatic carboxylic acids is 2. The Morgan fingerprint density at radius 1 is 0.484 bits per heavy atom. The maximum Gasteiger partial charge on any atom is 0.490 e. The van der Waals surface area contributed by atoms with Crippen molar-refractivity contribution in [1.82, 2.24) is 31.2 Å². The Kier molecular flexibility index (Phi) is 18.9. The second-order valence-electron chi connectivity index (χ2n) is 12.6. The number of aromatic nitrogens is 2. The van der Waals surface area contributed by atoms with E-state index < -0.39 is 71.2 Å². The number of Topliss-reactive ketones (excluding diaryl/α,β-unsaturated/α-hetero) is 2. The second-order valence-corrected chi connectivity index (χ2v) is 12.6. The largest absolute Gasteiger partial charge is 0.490 e. The number of rotatable bonds is 17. The van der Waals surface area contributed by atoms with E-state index in [0.29, 0.717) is 25.9 Å². The van der Waals surface area contributed by atoms with Crippen molar-refractivity contribution in [3.05, 3.63) is 71.0 Å². The Morgan fingerprint density at radius 2 is 0.790 bits per heavy atom. The average molecular weight is 909 g/mol. The molecule has 0 atom stereocenters. The number of nitrogens with one attached hydrogen (secondary N) is 6. The third-order valence-corrected chi connectivity index (χ3v) is 7.99.